The number of hydrogen-bond acceptors (Lipinski definition) is 2. The molecule has 2 aromatic carbocycles. The second-order valence-corrected chi connectivity index (χ2v) is 5.70. The number of fused-ring (bicyclic) bond motifs is 1. The minimum absolute atomic E-state index is 0.151. The Morgan fingerprint density at radius 2 is 1.77 bits per heavy atom. The Hall–Kier alpha value is -1.81. The Morgan fingerprint density at radius 1 is 1.00 bits per heavy atom. The zero-order valence-corrected chi connectivity index (χ0v) is 13.1. The van der Waals surface area contributed by atoms with Crippen molar-refractivity contribution in [1.82, 2.24) is 9.88 Å². The number of nitrogens with zero attached hydrogens (tertiary/aromatic N) is 1. The molecule has 0 bridgehead atoms. The summed E-state index contributed by atoms with van der Waals surface area (Å²) < 4.78 is 2.23. The molecule has 114 valence electrons. The third kappa shape index (κ3) is 3.17. The minimum Gasteiger partial charge on any atom is -0.395 e. The van der Waals surface area contributed by atoms with E-state index in [2.05, 4.69) is 46.4 Å². The third-order valence-electron chi connectivity index (χ3n) is 3.77. The topological polar surface area (TPSA) is 37.2 Å². The van der Waals surface area contributed by atoms with Crippen molar-refractivity contribution in [2.45, 2.75) is 13.1 Å². The number of para-hydroxylation sites is 1. The van der Waals surface area contributed by atoms with Gasteiger partial charge < -0.3 is 15.0 Å². The van der Waals surface area contributed by atoms with E-state index >= 15 is 0 Å². The molecule has 0 aliphatic carbocycles. The summed E-state index contributed by atoms with van der Waals surface area (Å²) in [4.78, 5) is 0. The molecule has 0 unspecified atom stereocenters. The number of halogens is 1. The van der Waals surface area contributed by atoms with Crippen molar-refractivity contribution in [3.8, 4) is 0 Å². The lowest BCUT2D eigenvalue weighted by molar-refractivity contribution is 0.292. The zero-order valence-electron chi connectivity index (χ0n) is 12.3. The van der Waals surface area contributed by atoms with Crippen LogP contribution >= 0.6 is 11.6 Å². The first-order valence-corrected chi connectivity index (χ1v) is 7.79. The SMILES string of the molecule is OCCNCc1cn(Cc2ccccc2Cl)c2ccccc12. The standard InChI is InChI=1S/C18H19ClN2O/c19-17-7-3-1-5-14(17)12-21-13-15(11-20-9-10-22)16-6-2-4-8-18(16)21/h1-8,13,20,22H,9-12H2. The summed E-state index contributed by atoms with van der Waals surface area (Å²) in [7, 11) is 0. The van der Waals surface area contributed by atoms with E-state index in [1.165, 1.54) is 16.5 Å². The van der Waals surface area contributed by atoms with Gasteiger partial charge in [0.2, 0.25) is 0 Å². The first-order valence-electron chi connectivity index (χ1n) is 7.41. The summed E-state index contributed by atoms with van der Waals surface area (Å²) in [6.45, 7) is 2.25. The molecule has 1 heterocycles. The van der Waals surface area contributed by atoms with Crippen LogP contribution in [0.5, 0.6) is 0 Å². The zero-order chi connectivity index (χ0) is 15.4. The average Bonchev–Trinajstić information content (AvgIpc) is 2.88. The Balaban J connectivity index is 1.94. The van der Waals surface area contributed by atoms with Gasteiger partial charge in [0.25, 0.3) is 0 Å². The summed E-state index contributed by atoms with van der Waals surface area (Å²) in [6, 6.07) is 16.3. The molecule has 0 saturated heterocycles. The van der Waals surface area contributed by atoms with Crippen LogP contribution in [0.3, 0.4) is 0 Å². The highest BCUT2D eigenvalue weighted by molar-refractivity contribution is 6.31. The highest BCUT2D eigenvalue weighted by atomic mass is 35.5. The molecule has 0 atom stereocenters. The lowest BCUT2D eigenvalue weighted by atomic mass is 10.2. The van der Waals surface area contributed by atoms with E-state index in [0.29, 0.717) is 6.54 Å². The van der Waals surface area contributed by atoms with Crippen molar-refractivity contribution in [2.24, 2.45) is 0 Å². The van der Waals surface area contributed by atoms with Crippen LogP contribution in [-0.4, -0.2) is 22.8 Å². The molecule has 3 nitrogen and oxygen atoms in total. The number of aliphatic hydroxyl groups is 1. The molecule has 2 N–H and O–H groups in total. The van der Waals surface area contributed by atoms with Gasteiger partial charge in [0.1, 0.15) is 0 Å². The quantitative estimate of drug-likeness (QED) is 0.684. The Labute approximate surface area is 135 Å². The van der Waals surface area contributed by atoms with Gasteiger partial charge in [-0.1, -0.05) is 48.0 Å². The molecule has 0 spiro atoms. The number of benzene rings is 2. The van der Waals surface area contributed by atoms with Gasteiger partial charge in [-0.25, -0.2) is 0 Å². The van der Waals surface area contributed by atoms with E-state index in [1.54, 1.807) is 0 Å². The van der Waals surface area contributed by atoms with Gasteiger partial charge in [-0.2, -0.15) is 0 Å². The summed E-state index contributed by atoms with van der Waals surface area (Å²) in [5.74, 6) is 0. The van der Waals surface area contributed by atoms with E-state index in [9.17, 15) is 0 Å². The lowest BCUT2D eigenvalue weighted by Crippen LogP contribution is -2.17. The van der Waals surface area contributed by atoms with Crippen molar-refractivity contribution in [1.29, 1.82) is 0 Å². The third-order valence-corrected chi connectivity index (χ3v) is 4.14. The van der Waals surface area contributed by atoms with Gasteiger partial charge in [0.15, 0.2) is 0 Å². The average molecular weight is 315 g/mol. The van der Waals surface area contributed by atoms with Gasteiger partial charge in [-0.15, -0.1) is 0 Å². The predicted molar refractivity (Wildman–Crippen MR) is 91.3 cm³/mol. The van der Waals surface area contributed by atoms with Crippen molar-refractivity contribution in [3.05, 3.63) is 70.9 Å². The molecular weight excluding hydrogens is 296 g/mol. The van der Waals surface area contributed by atoms with Crippen LogP contribution < -0.4 is 5.32 Å². The minimum atomic E-state index is 0.151. The van der Waals surface area contributed by atoms with E-state index in [-0.39, 0.29) is 6.61 Å². The number of aliphatic hydroxyl groups excluding tert-OH is 1. The van der Waals surface area contributed by atoms with Crippen molar-refractivity contribution >= 4 is 22.5 Å². The summed E-state index contributed by atoms with van der Waals surface area (Å²) in [5, 5.41) is 14.2. The molecule has 22 heavy (non-hydrogen) atoms. The molecule has 0 saturated carbocycles. The maximum absolute atomic E-state index is 8.91. The Kier molecular flexibility index (Phi) is 4.78. The summed E-state index contributed by atoms with van der Waals surface area (Å²) >= 11 is 6.28. The number of hydrogen-bond donors (Lipinski definition) is 2. The van der Waals surface area contributed by atoms with Gasteiger partial charge >= 0.3 is 0 Å². The molecule has 0 amide bonds. The number of rotatable bonds is 6. The molecule has 3 aromatic rings. The highest BCUT2D eigenvalue weighted by Crippen LogP contribution is 2.24. The van der Waals surface area contributed by atoms with E-state index in [0.717, 1.165) is 23.7 Å². The van der Waals surface area contributed by atoms with E-state index in [1.807, 2.05) is 18.2 Å². The smallest absolute Gasteiger partial charge is 0.0556 e. The van der Waals surface area contributed by atoms with E-state index in [4.69, 9.17) is 16.7 Å². The van der Waals surface area contributed by atoms with Crippen molar-refractivity contribution in [3.63, 3.8) is 0 Å². The molecule has 1 aromatic heterocycles. The first kappa shape index (κ1) is 15.1. The molecule has 0 fully saturated rings. The molecular formula is C18H19ClN2O. The van der Waals surface area contributed by atoms with Crippen molar-refractivity contribution in [2.75, 3.05) is 13.2 Å². The van der Waals surface area contributed by atoms with Crippen molar-refractivity contribution < 1.29 is 5.11 Å². The molecule has 0 radical (unpaired) electrons. The van der Waals surface area contributed by atoms with Crippen LogP contribution in [0.4, 0.5) is 0 Å². The number of aromatic nitrogens is 1. The Bertz CT molecular complexity index is 767. The first-order chi connectivity index (χ1) is 10.8. The van der Waals surface area contributed by atoms with Crippen LogP contribution in [0, 0.1) is 0 Å². The Morgan fingerprint density at radius 3 is 2.59 bits per heavy atom. The highest BCUT2D eigenvalue weighted by Gasteiger charge is 2.09. The summed E-state index contributed by atoms with van der Waals surface area (Å²) in [5.41, 5.74) is 3.54. The maximum Gasteiger partial charge on any atom is 0.0556 e. The van der Waals surface area contributed by atoms with Crippen LogP contribution in [0.25, 0.3) is 10.9 Å². The second-order valence-electron chi connectivity index (χ2n) is 5.29. The normalized spacial score (nSPS) is 11.2. The van der Waals surface area contributed by atoms with Crippen LogP contribution in [0.2, 0.25) is 5.02 Å². The van der Waals surface area contributed by atoms with Crippen LogP contribution in [-0.2, 0) is 13.1 Å². The van der Waals surface area contributed by atoms with Crippen LogP contribution in [0.15, 0.2) is 54.7 Å². The van der Waals surface area contributed by atoms with E-state index < -0.39 is 0 Å². The second kappa shape index (κ2) is 6.97. The lowest BCUT2D eigenvalue weighted by Gasteiger charge is -2.07. The fourth-order valence-corrected chi connectivity index (χ4v) is 2.90. The largest absolute Gasteiger partial charge is 0.395 e. The molecule has 4 heteroatoms. The fourth-order valence-electron chi connectivity index (χ4n) is 2.71. The molecule has 0 aliphatic rings. The molecule has 3 rings (SSSR count). The maximum atomic E-state index is 8.91. The van der Waals surface area contributed by atoms with Gasteiger partial charge in [0.05, 0.1) is 6.61 Å². The molecule has 0 aliphatic heterocycles. The van der Waals surface area contributed by atoms with Gasteiger partial charge in [-0.05, 0) is 23.3 Å². The van der Waals surface area contributed by atoms with Gasteiger partial charge in [-0.3, -0.25) is 0 Å². The van der Waals surface area contributed by atoms with Crippen LogP contribution in [0.1, 0.15) is 11.1 Å². The summed E-state index contributed by atoms with van der Waals surface area (Å²) in [6.07, 6.45) is 2.17. The fraction of sp³-hybridized carbons (Fsp3) is 0.222. The van der Waals surface area contributed by atoms with Gasteiger partial charge in [0, 0.05) is 41.8 Å². The monoisotopic (exact) mass is 314 g/mol. The predicted octanol–water partition coefficient (Wildman–Crippen LogP) is 3.42. The number of nitrogens with one attached hydrogen (secondary N) is 1.